The maximum Gasteiger partial charge on any atom is 0.106 e. The molecule has 0 aliphatic heterocycles. The van der Waals surface area contributed by atoms with E-state index in [-0.39, 0.29) is 0 Å². The van der Waals surface area contributed by atoms with Crippen LogP contribution in [0, 0.1) is 0 Å². The highest BCUT2D eigenvalue weighted by Crippen LogP contribution is 1.57. The van der Waals surface area contributed by atoms with Gasteiger partial charge in [-0.05, 0) is 13.8 Å². The minimum absolute atomic E-state index is 2.00. The number of rotatable bonds is 0. The van der Waals surface area contributed by atoms with E-state index in [1.54, 1.807) is 0 Å². The van der Waals surface area contributed by atoms with Crippen molar-refractivity contribution in [1.29, 1.82) is 0 Å². The Balaban J connectivity index is 0. The summed E-state index contributed by atoms with van der Waals surface area (Å²) in [5.74, 6) is 0. The topological polar surface area (TPSA) is 17.1 Å². The van der Waals surface area contributed by atoms with E-state index in [0.717, 1.165) is 0 Å². The first-order valence-electron chi connectivity index (χ1n) is 1.78. The van der Waals surface area contributed by atoms with Gasteiger partial charge < -0.3 is 4.79 Å². The van der Waals surface area contributed by atoms with Crippen LogP contribution in [0.4, 0.5) is 0 Å². The lowest BCUT2D eigenvalue weighted by Gasteiger charge is -1.49. The van der Waals surface area contributed by atoms with Crippen LogP contribution in [-0.4, -0.2) is 6.79 Å². The van der Waals surface area contributed by atoms with Crippen molar-refractivity contribution in [3.63, 3.8) is 0 Å². The molecule has 6 heavy (non-hydrogen) atoms. The molecule has 0 aliphatic rings. The van der Waals surface area contributed by atoms with Crippen molar-refractivity contribution in [3.8, 4) is 0 Å². The molecule has 0 bridgehead atoms. The van der Waals surface area contributed by atoms with Gasteiger partial charge in [-0.25, -0.2) is 0 Å². The Hall–Kier alpha value is -0.590. The average Bonchev–Trinajstić information content (AvgIpc) is 1.72. The van der Waals surface area contributed by atoms with Crippen LogP contribution in [0.1, 0.15) is 13.8 Å². The Kier molecular flexibility index (Phi) is 38.9. The molecule has 0 N–H and O–H groups in total. The van der Waals surface area contributed by atoms with Crippen LogP contribution in [-0.2, 0) is 4.79 Å². The SMILES string of the molecule is C/C=C/C.C=O. The van der Waals surface area contributed by atoms with Crippen LogP contribution in [0.5, 0.6) is 0 Å². The van der Waals surface area contributed by atoms with Gasteiger partial charge in [0.1, 0.15) is 6.79 Å². The van der Waals surface area contributed by atoms with Crippen LogP contribution < -0.4 is 0 Å². The molecule has 1 heteroatoms. The molecule has 0 amide bonds. The number of allylic oxidation sites excluding steroid dienone is 2. The Bertz CT molecular complexity index is 26.9. The van der Waals surface area contributed by atoms with E-state index >= 15 is 0 Å². The molecule has 0 aromatic rings. The second-order valence-corrected chi connectivity index (χ2v) is 0.667. The van der Waals surface area contributed by atoms with Gasteiger partial charge in [-0.2, -0.15) is 0 Å². The summed E-state index contributed by atoms with van der Waals surface area (Å²) in [5.41, 5.74) is 0. The summed E-state index contributed by atoms with van der Waals surface area (Å²) in [5, 5.41) is 0. The summed E-state index contributed by atoms with van der Waals surface area (Å²) < 4.78 is 0. The van der Waals surface area contributed by atoms with Crippen molar-refractivity contribution in [3.05, 3.63) is 12.2 Å². The summed E-state index contributed by atoms with van der Waals surface area (Å²) >= 11 is 0. The predicted molar refractivity (Wildman–Crippen MR) is 27.6 cm³/mol. The number of hydrogen-bond donors (Lipinski definition) is 0. The molecular formula is C5H10O. The lowest BCUT2D eigenvalue weighted by molar-refractivity contribution is -0.0979. The number of carbonyl (C=O) groups is 1. The molecule has 36 valence electrons. The van der Waals surface area contributed by atoms with Gasteiger partial charge in [0.25, 0.3) is 0 Å². The van der Waals surface area contributed by atoms with Crippen LogP contribution in [0.15, 0.2) is 12.2 Å². The van der Waals surface area contributed by atoms with Crippen molar-refractivity contribution >= 4 is 6.79 Å². The van der Waals surface area contributed by atoms with Crippen LogP contribution in [0.25, 0.3) is 0 Å². The Morgan fingerprint density at radius 1 is 1.17 bits per heavy atom. The molecule has 0 rings (SSSR count). The molecule has 0 saturated heterocycles. The zero-order valence-electron chi connectivity index (χ0n) is 4.27. The summed E-state index contributed by atoms with van der Waals surface area (Å²) in [6.07, 6.45) is 4.00. The third kappa shape index (κ3) is 118. The predicted octanol–water partition coefficient (Wildman–Crippen LogP) is 1.40. The van der Waals surface area contributed by atoms with Crippen molar-refractivity contribution in [2.75, 3.05) is 0 Å². The molecule has 0 atom stereocenters. The van der Waals surface area contributed by atoms with Gasteiger partial charge in [-0.1, -0.05) is 12.2 Å². The second-order valence-electron chi connectivity index (χ2n) is 0.667. The maximum absolute atomic E-state index is 8.00. The molecule has 0 aromatic carbocycles. The highest BCUT2D eigenvalue weighted by atomic mass is 16.1. The Labute approximate surface area is 38.7 Å². The van der Waals surface area contributed by atoms with Gasteiger partial charge in [-0.3, -0.25) is 0 Å². The molecular weight excluding hydrogens is 76.1 g/mol. The molecule has 1 nitrogen and oxygen atoms in total. The van der Waals surface area contributed by atoms with E-state index in [0.29, 0.717) is 0 Å². The quantitative estimate of drug-likeness (QED) is 0.407. The molecule has 0 heterocycles. The summed E-state index contributed by atoms with van der Waals surface area (Å²) in [6.45, 7) is 6.00. The van der Waals surface area contributed by atoms with Gasteiger partial charge >= 0.3 is 0 Å². The van der Waals surface area contributed by atoms with E-state index in [4.69, 9.17) is 4.79 Å². The summed E-state index contributed by atoms with van der Waals surface area (Å²) in [4.78, 5) is 8.00. The van der Waals surface area contributed by atoms with Crippen molar-refractivity contribution < 1.29 is 4.79 Å². The van der Waals surface area contributed by atoms with E-state index in [2.05, 4.69) is 0 Å². The van der Waals surface area contributed by atoms with Gasteiger partial charge in [0.05, 0.1) is 0 Å². The minimum Gasteiger partial charge on any atom is -0.307 e. The first kappa shape index (κ1) is 9.05. The van der Waals surface area contributed by atoms with Gasteiger partial charge in [-0.15, -0.1) is 0 Å². The fraction of sp³-hybridized carbons (Fsp3) is 0.400. The van der Waals surface area contributed by atoms with Crippen molar-refractivity contribution in [2.45, 2.75) is 13.8 Å². The zero-order chi connectivity index (χ0) is 5.41. The summed E-state index contributed by atoms with van der Waals surface area (Å²) in [6, 6.07) is 0. The fourth-order valence-corrected chi connectivity index (χ4v) is 0. The highest BCUT2D eigenvalue weighted by molar-refractivity contribution is 5.10. The zero-order valence-corrected chi connectivity index (χ0v) is 4.27. The van der Waals surface area contributed by atoms with Crippen LogP contribution in [0.3, 0.4) is 0 Å². The first-order valence-corrected chi connectivity index (χ1v) is 1.78. The monoisotopic (exact) mass is 86.1 g/mol. The minimum atomic E-state index is 2.00. The molecule has 0 fully saturated rings. The lowest BCUT2D eigenvalue weighted by Crippen LogP contribution is -1.26. The number of carbonyl (C=O) groups excluding carboxylic acids is 1. The second kappa shape index (κ2) is 25.8. The third-order valence-corrected chi connectivity index (χ3v) is 0.333. The largest absolute Gasteiger partial charge is 0.307 e. The molecule has 0 saturated carbocycles. The van der Waals surface area contributed by atoms with Gasteiger partial charge in [0, 0.05) is 0 Å². The normalized spacial score (nSPS) is 7.00. The maximum atomic E-state index is 8.00. The van der Waals surface area contributed by atoms with Crippen LogP contribution in [0.2, 0.25) is 0 Å². The van der Waals surface area contributed by atoms with Crippen molar-refractivity contribution in [1.82, 2.24) is 0 Å². The molecule has 0 radical (unpaired) electrons. The van der Waals surface area contributed by atoms with Gasteiger partial charge in [0.2, 0.25) is 0 Å². The highest BCUT2D eigenvalue weighted by Gasteiger charge is 1.34. The first-order chi connectivity index (χ1) is 2.91. The van der Waals surface area contributed by atoms with E-state index in [1.165, 1.54) is 0 Å². The van der Waals surface area contributed by atoms with Gasteiger partial charge in [0.15, 0.2) is 0 Å². The standard InChI is InChI=1S/C4H8.CH2O/c1-3-4-2;1-2/h3-4H,1-2H3;1H2/b4-3+;. The third-order valence-electron chi connectivity index (χ3n) is 0.333. The van der Waals surface area contributed by atoms with E-state index < -0.39 is 0 Å². The lowest BCUT2D eigenvalue weighted by atomic mass is 10.6. The molecule has 0 aliphatic carbocycles. The van der Waals surface area contributed by atoms with E-state index in [9.17, 15) is 0 Å². The molecule has 0 unspecified atom stereocenters. The van der Waals surface area contributed by atoms with Crippen molar-refractivity contribution in [2.24, 2.45) is 0 Å². The molecule has 0 aromatic heterocycles. The average molecular weight is 86.1 g/mol. The molecule has 0 spiro atoms. The Morgan fingerprint density at radius 3 is 1.33 bits per heavy atom. The fourth-order valence-electron chi connectivity index (χ4n) is 0. The smallest absolute Gasteiger partial charge is 0.106 e. The van der Waals surface area contributed by atoms with E-state index in [1.807, 2.05) is 32.8 Å². The van der Waals surface area contributed by atoms with Crippen LogP contribution >= 0.6 is 0 Å². The summed E-state index contributed by atoms with van der Waals surface area (Å²) in [7, 11) is 0. The number of hydrogen-bond acceptors (Lipinski definition) is 1. The Morgan fingerprint density at radius 2 is 1.33 bits per heavy atom.